The summed E-state index contributed by atoms with van der Waals surface area (Å²) in [5, 5.41) is 52.0. The molecule has 2 unspecified atom stereocenters. The highest BCUT2D eigenvalue weighted by Crippen LogP contribution is 2.31. The van der Waals surface area contributed by atoms with Crippen LogP contribution in [0.25, 0.3) is 0 Å². The minimum absolute atomic E-state index is 0.00820. The number of likely N-dealkylation sites (N-methyl/N-ethyl adjacent to an activating group) is 1. The minimum Gasteiger partial charge on any atom is -0.391 e. The Morgan fingerprint density at radius 1 is 0.414 bits per heavy atom. The first-order valence-electron chi connectivity index (χ1n) is 30.6. The van der Waals surface area contributed by atoms with Crippen molar-refractivity contribution in [3.63, 3.8) is 0 Å². The van der Waals surface area contributed by atoms with Crippen molar-refractivity contribution in [2.75, 3.05) is 72.5 Å². The van der Waals surface area contributed by atoms with Gasteiger partial charge >= 0.3 is 0 Å². The van der Waals surface area contributed by atoms with Crippen LogP contribution in [0, 0.1) is 0 Å². The fourth-order valence-corrected chi connectivity index (χ4v) is 14.0. The Morgan fingerprint density at radius 3 is 1.20 bits per heavy atom. The Bertz CT molecular complexity index is 2720. The molecule has 8 rings (SSSR count). The zero-order chi connectivity index (χ0) is 63.1. The van der Waals surface area contributed by atoms with Crippen LogP contribution in [-0.2, 0) is 67.1 Å². The number of carbonyl (C=O) groups is 14. The molecule has 8 aliphatic heterocycles. The quantitative estimate of drug-likeness (QED) is 0.0531. The standard InChI is InChI=1S/C57H84N12O18/c1-4-36(61-54(84)37-9-5-17-62(37)49(79)25-59-52(82)43-23-33(72)27-66(43)31(2)70)45(75)13-15-47(77)63-18-7-11-39(63)57(87)69-30-35(74)24-44(69)53(83)60-26-50(80)65-20-8-12-40(65)55(85)67-28-32(71)21-41(67)46(76)14-16-48(78)64-19-6-10-38(64)56(86)68-29-34(73)22-42(68)51(81)58-3/h32-44,71-74H,4-30H2,1-3H3,(H,58,81)(H,59,82)(H,60,83)(H,61,84)/t32-,33+,34+,35+,36?,37?,38+,39+,40+,41-,42-,43-,44-/m0/s1. The van der Waals surface area contributed by atoms with Gasteiger partial charge in [-0.3, -0.25) is 67.1 Å². The number of hydrogen-bond donors (Lipinski definition) is 8. The number of nitrogens with zero attached hydrogens (tertiary/aromatic N) is 8. The monoisotopic (exact) mass is 1220 g/mol. The van der Waals surface area contributed by atoms with Crippen molar-refractivity contribution in [2.24, 2.45) is 0 Å². The number of ketones is 2. The summed E-state index contributed by atoms with van der Waals surface area (Å²) in [6, 6.07) is -9.10. The number of hydrogen-bond acceptors (Lipinski definition) is 18. The van der Waals surface area contributed by atoms with E-state index in [0.29, 0.717) is 38.5 Å². The third-order valence-corrected chi connectivity index (χ3v) is 18.5. The molecule has 0 aliphatic carbocycles. The van der Waals surface area contributed by atoms with Crippen LogP contribution in [-0.4, -0.2) is 293 Å². The molecule has 30 nitrogen and oxygen atoms in total. The zero-order valence-electron chi connectivity index (χ0n) is 49.7. The van der Waals surface area contributed by atoms with Crippen molar-refractivity contribution in [3.8, 4) is 0 Å². The van der Waals surface area contributed by atoms with E-state index >= 15 is 0 Å². The molecule has 0 aromatic heterocycles. The number of Topliss-reactive ketones (excluding diaryl/α,β-unsaturated/α-hetero) is 2. The van der Waals surface area contributed by atoms with Crippen LogP contribution in [0.3, 0.4) is 0 Å². The lowest BCUT2D eigenvalue weighted by Gasteiger charge is -2.32. The average molecular weight is 1230 g/mol. The summed E-state index contributed by atoms with van der Waals surface area (Å²) in [7, 11) is 1.43. The Kier molecular flexibility index (Phi) is 21.8. The SMILES string of the molecule is CCC(NC(=O)C1CCCN1C(=O)CNC(=O)[C@@H]1C[C@@H](O)CN1C(C)=O)C(=O)CCC(=O)N1CCC[C@@H]1C(=O)N1C[C@H](O)C[C@H]1C(=O)NCC(=O)N1CCC[C@@H]1C(=O)N1C[C@@H](O)C[C@H]1C(=O)CCC(=O)N1CCC[C@@H]1C(=O)N1C[C@H](O)C[C@H]1C(=O)NC. The molecule has 8 N–H and O–H groups in total. The molecule has 87 heavy (non-hydrogen) atoms. The molecule has 0 saturated carbocycles. The highest BCUT2D eigenvalue weighted by atomic mass is 16.3. The van der Waals surface area contributed by atoms with Gasteiger partial charge in [-0.15, -0.1) is 0 Å². The van der Waals surface area contributed by atoms with Crippen LogP contribution in [0.1, 0.15) is 123 Å². The molecule has 0 aromatic carbocycles. The van der Waals surface area contributed by atoms with Gasteiger partial charge in [-0.2, -0.15) is 0 Å². The van der Waals surface area contributed by atoms with Gasteiger partial charge in [0.2, 0.25) is 70.9 Å². The minimum atomic E-state index is -1.23. The molecule has 8 fully saturated rings. The Hall–Kier alpha value is -7.18. The van der Waals surface area contributed by atoms with Crippen LogP contribution in [0.15, 0.2) is 0 Å². The summed E-state index contributed by atoms with van der Waals surface area (Å²) in [4.78, 5) is 199. The molecular formula is C57H84N12O18. The summed E-state index contributed by atoms with van der Waals surface area (Å²) >= 11 is 0. The second-order valence-corrected chi connectivity index (χ2v) is 24.2. The number of β-amino-alcohol motifs (C(OH)–C–C–N with tert-alkyl or cyclic N) is 4. The van der Waals surface area contributed by atoms with Crippen molar-refractivity contribution in [1.29, 1.82) is 0 Å². The number of rotatable bonds is 21. The van der Waals surface area contributed by atoms with Crippen molar-refractivity contribution in [3.05, 3.63) is 0 Å². The van der Waals surface area contributed by atoms with E-state index in [-0.39, 0.29) is 123 Å². The Balaban J connectivity index is 0.787. The van der Waals surface area contributed by atoms with Crippen LogP contribution in [0.2, 0.25) is 0 Å². The third kappa shape index (κ3) is 14.9. The number of aliphatic hydroxyl groups excluding tert-OH is 4. The van der Waals surface area contributed by atoms with Gasteiger partial charge in [0.05, 0.1) is 49.6 Å². The summed E-state index contributed by atoms with van der Waals surface area (Å²) in [5.41, 5.74) is 0. The maximum atomic E-state index is 14.2. The maximum absolute atomic E-state index is 14.2. The third-order valence-electron chi connectivity index (χ3n) is 18.5. The lowest BCUT2D eigenvalue weighted by atomic mass is 10.0. The zero-order valence-corrected chi connectivity index (χ0v) is 49.7. The lowest BCUT2D eigenvalue weighted by molar-refractivity contribution is -0.148. The Morgan fingerprint density at radius 2 is 0.770 bits per heavy atom. The van der Waals surface area contributed by atoms with E-state index in [4.69, 9.17) is 0 Å². The average Bonchev–Trinajstić information content (AvgIpc) is 4.58. The van der Waals surface area contributed by atoms with Gasteiger partial charge in [0.25, 0.3) is 0 Å². The predicted molar refractivity (Wildman–Crippen MR) is 300 cm³/mol. The highest BCUT2D eigenvalue weighted by molar-refractivity contribution is 5.99. The molecule has 0 spiro atoms. The van der Waals surface area contributed by atoms with Gasteiger partial charge < -0.3 is 80.9 Å². The van der Waals surface area contributed by atoms with Crippen LogP contribution < -0.4 is 21.3 Å². The molecule has 0 aromatic rings. The molecule has 13 atom stereocenters. The van der Waals surface area contributed by atoms with Gasteiger partial charge in [0, 0.05) is 118 Å². The fourth-order valence-electron chi connectivity index (χ4n) is 14.0. The van der Waals surface area contributed by atoms with Crippen molar-refractivity contribution < 1.29 is 87.5 Å². The van der Waals surface area contributed by atoms with Crippen molar-refractivity contribution >= 4 is 82.5 Å². The summed E-state index contributed by atoms with van der Waals surface area (Å²) in [6.45, 7) is 2.13. The van der Waals surface area contributed by atoms with Gasteiger partial charge in [-0.05, 0) is 57.8 Å². The van der Waals surface area contributed by atoms with E-state index in [1.54, 1.807) is 6.92 Å². The van der Waals surface area contributed by atoms with E-state index in [0.717, 1.165) is 0 Å². The maximum Gasteiger partial charge on any atom is 0.246 e. The van der Waals surface area contributed by atoms with Gasteiger partial charge in [0.15, 0.2) is 11.6 Å². The lowest BCUT2D eigenvalue weighted by Crippen LogP contribution is -2.55. The normalized spacial score (nSPS) is 29.1. The predicted octanol–water partition coefficient (Wildman–Crippen LogP) is -5.61. The molecule has 8 saturated heterocycles. The first-order chi connectivity index (χ1) is 41.4. The van der Waals surface area contributed by atoms with Gasteiger partial charge in [0.1, 0.15) is 42.3 Å². The van der Waals surface area contributed by atoms with E-state index in [1.165, 1.54) is 53.2 Å². The van der Waals surface area contributed by atoms with Gasteiger partial charge in [-0.25, -0.2) is 0 Å². The first kappa shape index (κ1) is 65.8. The number of carbonyl (C=O) groups excluding carboxylic acids is 14. The summed E-state index contributed by atoms with van der Waals surface area (Å²) < 4.78 is 0. The number of likely N-dealkylation sites (tertiary alicyclic amines) is 8. The van der Waals surface area contributed by atoms with Crippen molar-refractivity contribution in [2.45, 2.75) is 202 Å². The van der Waals surface area contributed by atoms with Gasteiger partial charge in [-0.1, -0.05) is 6.92 Å². The topological polar surface area (TPSA) is 394 Å². The molecule has 8 heterocycles. The molecule has 480 valence electrons. The van der Waals surface area contributed by atoms with E-state index < -0.39 is 174 Å². The second-order valence-electron chi connectivity index (χ2n) is 24.2. The van der Waals surface area contributed by atoms with Crippen LogP contribution >= 0.6 is 0 Å². The van der Waals surface area contributed by atoms with Crippen LogP contribution in [0.5, 0.6) is 0 Å². The fraction of sp³-hybridized carbons (Fsp3) is 0.754. The van der Waals surface area contributed by atoms with E-state index in [2.05, 4.69) is 21.3 Å². The molecule has 12 amide bonds. The summed E-state index contributed by atoms with van der Waals surface area (Å²) in [6.07, 6.45) is -2.36. The molecule has 0 radical (unpaired) electrons. The second kappa shape index (κ2) is 28.8. The Labute approximate surface area is 503 Å². The molecule has 8 aliphatic rings. The number of amides is 12. The number of aliphatic hydroxyl groups is 4. The molecule has 0 bridgehead atoms. The van der Waals surface area contributed by atoms with Crippen molar-refractivity contribution in [1.82, 2.24) is 60.5 Å². The largest absolute Gasteiger partial charge is 0.391 e. The van der Waals surface area contributed by atoms with E-state index in [9.17, 15) is 87.5 Å². The van der Waals surface area contributed by atoms with E-state index in [1.807, 2.05) is 0 Å². The highest BCUT2D eigenvalue weighted by Gasteiger charge is 2.49. The smallest absolute Gasteiger partial charge is 0.246 e. The first-order valence-corrected chi connectivity index (χ1v) is 30.6. The molecular weight excluding hydrogens is 1140 g/mol. The molecule has 30 heteroatoms. The summed E-state index contributed by atoms with van der Waals surface area (Å²) in [5.74, 6) is -7.63. The van der Waals surface area contributed by atoms with Crippen LogP contribution in [0.4, 0.5) is 0 Å². The number of nitrogens with one attached hydrogen (secondary N) is 4.